The van der Waals surface area contributed by atoms with Crippen LogP contribution < -0.4 is 5.56 Å². The Morgan fingerprint density at radius 3 is 2.74 bits per heavy atom. The second-order valence-electron chi connectivity index (χ2n) is 7.13. The summed E-state index contributed by atoms with van der Waals surface area (Å²) < 4.78 is 1.58. The number of aromatic nitrogens is 4. The monoisotopic (exact) mass is 444 g/mol. The van der Waals surface area contributed by atoms with E-state index in [0.717, 1.165) is 22.0 Å². The normalized spacial score (nSPS) is 11.3. The summed E-state index contributed by atoms with van der Waals surface area (Å²) in [4.78, 5) is 27.1. The molecule has 0 fully saturated rings. The van der Waals surface area contributed by atoms with E-state index in [9.17, 15) is 4.79 Å². The summed E-state index contributed by atoms with van der Waals surface area (Å²) in [7, 11) is 0. The lowest BCUT2D eigenvalue weighted by Gasteiger charge is -2.14. The van der Waals surface area contributed by atoms with Crippen LogP contribution in [0.3, 0.4) is 0 Å². The zero-order valence-electron chi connectivity index (χ0n) is 16.6. The van der Waals surface area contributed by atoms with Crippen molar-refractivity contribution in [2.75, 3.05) is 0 Å². The maximum Gasteiger partial charge on any atom is 0.267 e. The third kappa shape index (κ3) is 3.69. The van der Waals surface area contributed by atoms with Crippen LogP contribution in [-0.4, -0.2) is 19.5 Å². The van der Waals surface area contributed by atoms with Gasteiger partial charge in [-0.25, -0.2) is 14.5 Å². The smallest absolute Gasteiger partial charge is 0.267 e. The fourth-order valence-electron chi connectivity index (χ4n) is 3.51. The topological polar surface area (TPSA) is 60.7 Å². The van der Waals surface area contributed by atoms with Crippen LogP contribution in [0, 0.1) is 6.92 Å². The van der Waals surface area contributed by atoms with Crippen LogP contribution in [-0.2, 0) is 5.75 Å². The minimum absolute atomic E-state index is 0.145. The van der Waals surface area contributed by atoms with Crippen molar-refractivity contribution in [2.24, 2.45) is 0 Å². The first-order valence-electron chi connectivity index (χ1n) is 9.71. The highest BCUT2D eigenvalue weighted by Crippen LogP contribution is 2.31. The third-order valence-electron chi connectivity index (χ3n) is 5.04. The van der Waals surface area contributed by atoms with E-state index >= 15 is 0 Å². The summed E-state index contributed by atoms with van der Waals surface area (Å²) in [5.41, 5.74) is 3.29. The average molecular weight is 445 g/mol. The molecule has 0 unspecified atom stereocenters. The second kappa shape index (κ2) is 8.13. The van der Waals surface area contributed by atoms with Gasteiger partial charge in [-0.1, -0.05) is 47.6 Å². The van der Waals surface area contributed by atoms with E-state index in [0.29, 0.717) is 32.7 Å². The quantitative estimate of drug-likeness (QED) is 0.267. The molecule has 2 aromatic carbocycles. The number of thioether (sulfide) groups is 1. The highest BCUT2D eigenvalue weighted by molar-refractivity contribution is 7.98. The molecule has 3 aromatic heterocycles. The highest BCUT2D eigenvalue weighted by atomic mass is 35.5. The SMILES string of the molecule is Cc1ccnc(-n2c(SCc3c(Cl)ccc4cccnc34)nc3ccccc3c2=O)c1. The number of para-hydroxylation sites is 1. The summed E-state index contributed by atoms with van der Waals surface area (Å²) in [5, 5.41) is 2.78. The van der Waals surface area contributed by atoms with E-state index in [2.05, 4.69) is 9.97 Å². The van der Waals surface area contributed by atoms with Crippen molar-refractivity contribution in [2.45, 2.75) is 17.8 Å². The van der Waals surface area contributed by atoms with Crippen molar-refractivity contribution in [3.05, 3.63) is 99.6 Å². The van der Waals surface area contributed by atoms with Gasteiger partial charge in [-0.2, -0.15) is 0 Å². The van der Waals surface area contributed by atoms with Gasteiger partial charge in [0.2, 0.25) is 0 Å². The second-order valence-corrected chi connectivity index (χ2v) is 8.48. The van der Waals surface area contributed by atoms with E-state index in [1.54, 1.807) is 23.0 Å². The molecule has 152 valence electrons. The molecule has 0 saturated heterocycles. The zero-order valence-corrected chi connectivity index (χ0v) is 18.2. The Bertz CT molecular complexity index is 1500. The number of halogens is 1. The third-order valence-corrected chi connectivity index (χ3v) is 6.36. The molecular weight excluding hydrogens is 428 g/mol. The van der Waals surface area contributed by atoms with E-state index < -0.39 is 0 Å². The van der Waals surface area contributed by atoms with Gasteiger partial charge in [0, 0.05) is 34.1 Å². The van der Waals surface area contributed by atoms with Gasteiger partial charge >= 0.3 is 0 Å². The Hall–Kier alpha value is -3.22. The highest BCUT2D eigenvalue weighted by Gasteiger charge is 2.16. The molecule has 0 spiro atoms. The molecule has 0 amide bonds. The number of hydrogen-bond donors (Lipinski definition) is 0. The number of pyridine rings is 2. The van der Waals surface area contributed by atoms with Gasteiger partial charge in [-0.05, 0) is 48.9 Å². The number of rotatable bonds is 4. The molecule has 7 heteroatoms. The van der Waals surface area contributed by atoms with Crippen molar-refractivity contribution in [1.82, 2.24) is 19.5 Å². The first-order chi connectivity index (χ1) is 15.1. The minimum Gasteiger partial charge on any atom is -0.268 e. The molecule has 0 aliphatic carbocycles. The van der Waals surface area contributed by atoms with E-state index in [1.165, 1.54) is 11.8 Å². The predicted octanol–water partition coefficient (Wildman–Crippen LogP) is 5.58. The number of nitrogens with zero attached hydrogens (tertiary/aromatic N) is 4. The lowest BCUT2D eigenvalue weighted by Crippen LogP contribution is -2.22. The van der Waals surface area contributed by atoms with Crippen molar-refractivity contribution in [3.63, 3.8) is 0 Å². The summed E-state index contributed by atoms with van der Waals surface area (Å²) in [6.07, 6.45) is 3.46. The molecule has 3 heterocycles. The fraction of sp³-hybridized carbons (Fsp3) is 0.0833. The van der Waals surface area contributed by atoms with Crippen molar-refractivity contribution in [1.29, 1.82) is 0 Å². The lowest BCUT2D eigenvalue weighted by atomic mass is 10.1. The molecule has 0 radical (unpaired) electrons. The maximum atomic E-state index is 13.4. The van der Waals surface area contributed by atoms with Crippen LogP contribution in [0.5, 0.6) is 0 Å². The van der Waals surface area contributed by atoms with E-state index in [1.807, 2.05) is 61.5 Å². The molecule has 0 aliphatic heterocycles. The minimum atomic E-state index is -0.145. The number of benzene rings is 2. The molecule has 5 nitrogen and oxygen atoms in total. The largest absolute Gasteiger partial charge is 0.268 e. The van der Waals surface area contributed by atoms with Gasteiger partial charge in [-0.15, -0.1) is 0 Å². The Balaban J connectivity index is 1.66. The maximum absolute atomic E-state index is 13.4. The van der Waals surface area contributed by atoms with Crippen molar-refractivity contribution < 1.29 is 0 Å². The Morgan fingerprint density at radius 1 is 1.00 bits per heavy atom. The summed E-state index contributed by atoms with van der Waals surface area (Å²) in [5.74, 6) is 1.07. The summed E-state index contributed by atoms with van der Waals surface area (Å²) in [6, 6.07) is 18.9. The number of aryl methyl sites for hydroxylation is 1. The van der Waals surface area contributed by atoms with Crippen LogP contribution in [0.2, 0.25) is 5.02 Å². The molecule has 0 N–H and O–H groups in total. The predicted molar refractivity (Wildman–Crippen MR) is 126 cm³/mol. The van der Waals surface area contributed by atoms with E-state index in [4.69, 9.17) is 16.6 Å². The van der Waals surface area contributed by atoms with Gasteiger partial charge in [0.25, 0.3) is 5.56 Å². The van der Waals surface area contributed by atoms with Crippen molar-refractivity contribution in [3.8, 4) is 5.82 Å². The number of fused-ring (bicyclic) bond motifs is 2. The van der Waals surface area contributed by atoms with Gasteiger partial charge < -0.3 is 0 Å². The summed E-state index contributed by atoms with van der Waals surface area (Å²) >= 11 is 7.96. The molecule has 5 rings (SSSR count). The van der Waals surface area contributed by atoms with Crippen LogP contribution in [0.4, 0.5) is 0 Å². The van der Waals surface area contributed by atoms with Gasteiger partial charge in [-0.3, -0.25) is 9.78 Å². The molecule has 5 aromatic rings. The van der Waals surface area contributed by atoms with Gasteiger partial charge in [0.05, 0.1) is 16.4 Å². The van der Waals surface area contributed by atoms with E-state index in [-0.39, 0.29) is 5.56 Å². The van der Waals surface area contributed by atoms with Gasteiger partial charge in [0.1, 0.15) is 5.82 Å². The first-order valence-corrected chi connectivity index (χ1v) is 11.1. The van der Waals surface area contributed by atoms with Crippen LogP contribution in [0.25, 0.3) is 27.6 Å². The van der Waals surface area contributed by atoms with Crippen LogP contribution >= 0.6 is 23.4 Å². The van der Waals surface area contributed by atoms with Gasteiger partial charge in [0.15, 0.2) is 5.16 Å². The number of hydrogen-bond acceptors (Lipinski definition) is 5. The molecule has 0 atom stereocenters. The Morgan fingerprint density at radius 2 is 1.87 bits per heavy atom. The Labute approximate surface area is 187 Å². The lowest BCUT2D eigenvalue weighted by molar-refractivity contribution is 0.794. The first kappa shape index (κ1) is 19.7. The molecule has 0 aliphatic rings. The van der Waals surface area contributed by atoms with Crippen LogP contribution in [0.15, 0.2) is 83.0 Å². The molecule has 0 bridgehead atoms. The zero-order chi connectivity index (χ0) is 21.4. The standard InChI is InChI=1S/C24H17ClN4OS/c1-15-10-12-26-21(13-15)29-23(30)17-6-2-3-7-20(17)28-24(29)31-14-18-19(25)9-8-16-5-4-11-27-22(16)18/h2-13H,14H2,1H3. The molecule has 31 heavy (non-hydrogen) atoms. The summed E-state index contributed by atoms with van der Waals surface area (Å²) in [6.45, 7) is 1.97. The fourth-order valence-corrected chi connectivity index (χ4v) is 4.84. The van der Waals surface area contributed by atoms with Crippen LogP contribution in [0.1, 0.15) is 11.1 Å². The van der Waals surface area contributed by atoms with Crippen molar-refractivity contribution >= 4 is 45.2 Å². The molecular formula is C24H17ClN4OS. The average Bonchev–Trinajstić information content (AvgIpc) is 2.78. The Kier molecular flexibility index (Phi) is 5.18. The molecule has 0 saturated carbocycles.